The maximum atomic E-state index is 2.28. The summed E-state index contributed by atoms with van der Waals surface area (Å²) in [5.41, 5.74) is 2.85. The molecule has 0 spiro atoms. The second-order valence-corrected chi connectivity index (χ2v) is 4.07. The lowest BCUT2D eigenvalue weighted by Gasteiger charge is -2.00. The molecular weight excluding hydrogens is 164 g/mol. The number of aryl methyl sites for hydroxylation is 2. The van der Waals surface area contributed by atoms with Gasteiger partial charge in [0.2, 0.25) is 0 Å². The fraction of sp³-hybridized carbons (Fsp3) is 0.455. The smallest absolute Gasteiger partial charge is 0.00671 e. The van der Waals surface area contributed by atoms with Crippen molar-refractivity contribution >= 4 is 11.8 Å². The predicted molar refractivity (Wildman–Crippen MR) is 57.9 cm³/mol. The van der Waals surface area contributed by atoms with Crippen LogP contribution in [0, 0.1) is 6.92 Å². The van der Waals surface area contributed by atoms with Gasteiger partial charge in [-0.1, -0.05) is 29.8 Å². The van der Waals surface area contributed by atoms with Crippen LogP contribution in [0.25, 0.3) is 0 Å². The van der Waals surface area contributed by atoms with Crippen molar-refractivity contribution in [3.63, 3.8) is 0 Å². The summed E-state index contributed by atoms with van der Waals surface area (Å²) in [5, 5.41) is 0. The van der Waals surface area contributed by atoms with Crippen LogP contribution in [-0.4, -0.2) is 12.0 Å². The Morgan fingerprint density at radius 1 is 1.33 bits per heavy atom. The van der Waals surface area contributed by atoms with Crippen molar-refractivity contribution < 1.29 is 0 Å². The van der Waals surface area contributed by atoms with Gasteiger partial charge in [0.1, 0.15) is 0 Å². The number of benzene rings is 1. The Hall–Kier alpha value is -0.430. The predicted octanol–water partition coefficient (Wildman–Crippen LogP) is 3.29. The Labute approximate surface area is 79.4 Å². The minimum absolute atomic E-state index is 1.22. The van der Waals surface area contributed by atoms with Gasteiger partial charge in [0.25, 0.3) is 0 Å². The molecule has 0 aliphatic carbocycles. The first-order chi connectivity index (χ1) is 5.83. The number of thioether (sulfide) groups is 1. The summed E-state index contributed by atoms with van der Waals surface area (Å²) in [7, 11) is 0. The van der Waals surface area contributed by atoms with Crippen molar-refractivity contribution in [3.8, 4) is 0 Å². The normalized spacial score (nSPS) is 10.2. The van der Waals surface area contributed by atoms with E-state index in [1.54, 1.807) is 0 Å². The Bertz CT molecular complexity index is 230. The lowest BCUT2D eigenvalue weighted by Crippen LogP contribution is -1.87. The fourth-order valence-electron chi connectivity index (χ4n) is 1.29. The molecule has 12 heavy (non-hydrogen) atoms. The third-order valence-electron chi connectivity index (χ3n) is 1.90. The molecule has 1 heteroatoms. The minimum Gasteiger partial charge on any atom is -0.165 e. The molecule has 0 aliphatic heterocycles. The van der Waals surface area contributed by atoms with Gasteiger partial charge in [-0.05, 0) is 37.3 Å². The van der Waals surface area contributed by atoms with Crippen LogP contribution in [-0.2, 0) is 6.42 Å². The first-order valence-corrected chi connectivity index (χ1v) is 5.77. The van der Waals surface area contributed by atoms with E-state index < -0.39 is 0 Å². The molecule has 0 heterocycles. The van der Waals surface area contributed by atoms with Gasteiger partial charge in [0, 0.05) is 0 Å². The highest BCUT2D eigenvalue weighted by atomic mass is 32.2. The molecule has 0 bridgehead atoms. The van der Waals surface area contributed by atoms with Crippen molar-refractivity contribution in [3.05, 3.63) is 35.4 Å². The molecule has 0 unspecified atom stereocenters. The summed E-state index contributed by atoms with van der Waals surface area (Å²) < 4.78 is 0. The summed E-state index contributed by atoms with van der Waals surface area (Å²) >= 11 is 1.93. The number of hydrogen-bond acceptors (Lipinski definition) is 1. The zero-order valence-electron chi connectivity index (χ0n) is 7.84. The maximum absolute atomic E-state index is 2.28. The van der Waals surface area contributed by atoms with E-state index >= 15 is 0 Å². The largest absolute Gasteiger partial charge is 0.165 e. The van der Waals surface area contributed by atoms with Gasteiger partial charge in [-0.3, -0.25) is 0 Å². The van der Waals surface area contributed by atoms with Gasteiger partial charge >= 0.3 is 0 Å². The van der Waals surface area contributed by atoms with E-state index in [4.69, 9.17) is 0 Å². The van der Waals surface area contributed by atoms with Crippen LogP contribution in [0.15, 0.2) is 24.3 Å². The van der Waals surface area contributed by atoms with E-state index in [0.29, 0.717) is 0 Å². The van der Waals surface area contributed by atoms with Crippen LogP contribution < -0.4 is 0 Å². The Balaban J connectivity index is 2.41. The van der Waals surface area contributed by atoms with Crippen LogP contribution in [0.4, 0.5) is 0 Å². The lowest BCUT2D eigenvalue weighted by molar-refractivity contribution is 0.932. The van der Waals surface area contributed by atoms with Gasteiger partial charge in [-0.2, -0.15) is 11.8 Å². The first-order valence-electron chi connectivity index (χ1n) is 4.37. The van der Waals surface area contributed by atoms with Gasteiger partial charge < -0.3 is 0 Å². The van der Waals surface area contributed by atoms with E-state index in [0.717, 1.165) is 0 Å². The molecular formula is C11H16S. The van der Waals surface area contributed by atoms with Gasteiger partial charge in [-0.25, -0.2) is 0 Å². The molecule has 0 amide bonds. The van der Waals surface area contributed by atoms with E-state index in [1.165, 1.54) is 29.7 Å². The molecule has 1 rings (SSSR count). The van der Waals surface area contributed by atoms with Gasteiger partial charge in [0.05, 0.1) is 0 Å². The van der Waals surface area contributed by atoms with Crippen LogP contribution in [0.5, 0.6) is 0 Å². The van der Waals surface area contributed by atoms with Crippen LogP contribution in [0.2, 0.25) is 0 Å². The Kier molecular flexibility index (Phi) is 4.23. The molecule has 0 aliphatic rings. The van der Waals surface area contributed by atoms with E-state index in [2.05, 4.69) is 37.4 Å². The van der Waals surface area contributed by atoms with Gasteiger partial charge in [-0.15, -0.1) is 0 Å². The average molecular weight is 180 g/mol. The van der Waals surface area contributed by atoms with Crippen molar-refractivity contribution in [2.24, 2.45) is 0 Å². The van der Waals surface area contributed by atoms with Crippen LogP contribution in [0.1, 0.15) is 17.5 Å². The molecule has 0 radical (unpaired) electrons. The first kappa shape index (κ1) is 9.66. The third kappa shape index (κ3) is 3.31. The lowest BCUT2D eigenvalue weighted by atomic mass is 10.1. The van der Waals surface area contributed by atoms with Gasteiger partial charge in [0.15, 0.2) is 0 Å². The molecule has 0 aromatic heterocycles. The number of rotatable bonds is 4. The monoisotopic (exact) mass is 180 g/mol. The minimum atomic E-state index is 1.22. The van der Waals surface area contributed by atoms with E-state index in [9.17, 15) is 0 Å². The molecule has 1 aromatic rings. The topological polar surface area (TPSA) is 0 Å². The zero-order valence-corrected chi connectivity index (χ0v) is 8.66. The molecule has 0 fully saturated rings. The highest BCUT2D eigenvalue weighted by Crippen LogP contribution is 2.08. The van der Waals surface area contributed by atoms with Crippen molar-refractivity contribution in [2.75, 3.05) is 12.0 Å². The van der Waals surface area contributed by atoms with E-state index in [1.807, 2.05) is 11.8 Å². The molecule has 0 saturated carbocycles. The SMILES string of the molecule is CSCCCc1cccc(C)c1. The van der Waals surface area contributed by atoms with Crippen molar-refractivity contribution in [2.45, 2.75) is 19.8 Å². The fourth-order valence-corrected chi connectivity index (χ4v) is 1.72. The summed E-state index contributed by atoms with van der Waals surface area (Å²) in [5.74, 6) is 1.27. The maximum Gasteiger partial charge on any atom is -0.00671 e. The van der Waals surface area contributed by atoms with Crippen LogP contribution >= 0.6 is 11.8 Å². The molecule has 0 N–H and O–H groups in total. The van der Waals surface area contributed by atoms with Crippen molar-refractivity contribution in [1.29, 1.82) is 0 Å². The highest BCUT2D eigenvalue weighted by molar-refractivity contribution is 7.98. The van der Waals surface area contributed by atoms with Crippen molar-refractivity contribution in [1.82, 2.24) is 0 Å². The third-order valence-corrected chi connectivity index (χ3v) is 2.59. The number of hydrogen-bond donors (Lipinski definition) is 0. The second kappa shape index (κ2) is 5.26. The second-order valence-electron chi connectivity index (χ2n) is 3.09. The molecule has 0 nitrogen and oxygen atoms in total. The molecule has 0 atom stereocenters. The average Bonchev–Trinajstić information content (AvgIpc) is 2.05. The van der Waals surface area contributed by atoms with Crippen LogP contribution in [0.3, 0.4) is 0 Å². The summed E-state index contributed by atoms with van der Waals surface area (Å²) in [4.78, 5) is 0. The molecule has 1 aromatic carbocycles. The summed E-state index contributed by atoms with van der Waals surface area (Å²) in [6.07, 6.45) is 4.68. The molecule has 0 saturated heterocycles. The Morgan fingerprint density at radius 2 is 2.17 bits per heavy atom. The van der Waals surface area contributed by atoms with E-state index in [-0.39, 0.29) is 0 Å². The quantitative estimate of drug-likeness (QED) is 0.641. The summed E-state index contributed by atoms with van der Waals surface area (Å²) in [6.45, 7) is 2.15. The standard InChI is InChI=1S/C11H16S/c1-10-5-3-6-11(9-10)7-4-8-12-2/h3,5-6,9H,4,7-8H2,1-2H3. The Morgan fingerprint density at radius 3 is 2.83 bits per heavy atom. The highest BCUT2D eigenvalue weighted by Gasteiger charge is 1.92. The summed E-state index contributed by atoms with van der Waals surface area (Å²) in [6, 6.07) is 8.79. The zero-order chi connectivity index (χ0) is 8.81. The molecule has 66 valence electrons.